The number of rotatable bonds is 5. The van der Waals surface area contributed by atoms with E-state index in [0.29, 0.717) is 22.7 Å². The fourth-order valence-corrected chi connectivity index (χ4v) is 2.79. The fraction of sp³-hybridized carbons (Fsp3) is 0.222. The van der Waals surface area contributed by atoms with Gasteiger partial charge in [-0.2, -0.15) is 0 Å². The number of fused-ring (bicyclic) bond motifs is 1. The van der Waals surface area contributed by atoms with Gasteiger partial charge in [0, 0.05) is 29.9 Å². The van der Waals surface area contributed by atoms with E-state index in [4.69, 9.17) is 11.6 Å². The standard InChI is InChI=1S/C18H16ClN3O3/c1-11-6-7-12(10-14(11)19)21-15(23)5-3-9-22-17(24)13-4-2-8-20-16(13)18(22)25/h2,4,6-8,10H,3,5,9H2,1H3,(H,21,23). The second-order valence-electron chi connectivity index (χ2n) is 5.78. The number of hydrogen-bond donors (Lipinski definition) is 1. The van der Waals surface area contributed by atoms with Crippen LogP contribution in [0, 0.1) is 6.92 Å². The number of pyridine rings is 1. The van der Waals surface area contributed by atoms with E-state index in [1.165, 1.54) is 6.20 Å². The topological polar surface area (TPSA) is 79.4 Å². The predicted molar refractivity (Wildman–Crippen MR) is 93.7 cm³/mol. The minimum atomic E-state index is -0.411. The molecule has 3 amide bonds. The molecule has 0 bridgehead atoms. The van der Waals surface area contributed by atoms with Gasteiger partial charge in [-0.1, -0.05) is 17.7 Å². The first-order valence-electron chi connectivity index (χ1n) is 7.84. The first-order chi connectivity index (χ1) is 12.0. The van der Waals surface area contributed by atoms with Gasteiger partial charge in [-0.25, -0.2) is 0 Å². The Balaban J connectivity index is 1.53. The van der Waals surface area contributed by atoms with Gasteiger partial charge in [0.2, 0.25) is 5.91 Å². The van der Waals surface area contributed by atoms with E-state index in [0.717, 1.165) is 10.5 Å². The number of nitrogens with zero attached hydrogens (tertiary/aromatic N) is 2. The van der Waals surface area contributed by atoms with Gasteiger partial charge >= 0.3 is 0 Å². The number of aromatic nitrogens is 1. The Kier molecular flexibility index (Phi) is 4.81. The molecule has 1 aliphatic heterocycles. The summed E-state index contributed by atoms with van der Waals surface area (Å²) in [7, 11) is 0. The summed E-state index contributed by atoms with van der Waals surface area (Å²) in [5.74, 6) is -0.972. The molecule has 0 unspecified atom stereocenters. The summed E-state index contributed by atoms with van der Waals surface area (Å²) < 4.78 is 0. The van der Waals surface area contributed by atoms with Gasteiger partial charge in [-0.15, -0.1) is 0 Å². The van der Waals surface area contributed by atoms with Crippen LogP contribution in [0.3, 0.4) is 0 Å². The maximum absolute atomic E-state index is 12.2. The molecule has 128 valence electrons. The van der Waals surface area contributed by atoms with Gasteiger partial charge < -0.3 is 5.32 Å². The lowest BCUT2D eigenvalue weighted by molar-refractivity contribution is -0.116. The summed E-state index contributed by atoms with van der Waals surface area (Å²) >= 11 is 6.03. The Hall–Kier alpha value is -2.73. The molecule has 1 aromatic heterocycles. The van der Waals surface area contributed by atoms with Gasteiger partial charge in [-0.05, 0) is 43.2 Å². The van der Waals surface area contributed by atoms with Crippen LogP contribution in [0.25, 0.3) is 0 Å². The highest BCUT2D eigenvalue weighted by Gasteiger charge is 2.36. The normalized spacial score (nSPS) is 13.1. The Labute approximate surface area is 149 Å². The van der Waals surface area contributed by atoms with Crippen molar-refractivity contribution in [3.8, 4) is 0 Å². The number of carbonyl (C=O) groups excluding carboxylic acids is 3. The van der Waals surface area contributed by atoms with Crippen molar-refractivity contribution in [1.29, 1.82) is 0 Å². The lowest BCUT2D eigenvalue weighted by Gasteiger charge is -2.13. The number of amides is 3. The Morgan fingerprint density at radius 3 is 2.76 bits per heavy atom. The third kappa shape index (κ3) is 3.53. The zero-order chi connectivity index (χ0) is 18.0. The Bertz CT molecular complexity index is 831. The third-order valence-corrected chi connectivity index (χ3v) is 4.38. The zero-order valence-electron chi connectivity index (χ0n) is 13.6. The summed E-state index contributed by atoms with van der Waals surface area (Å²) in [4.78, 5) is 41.5. The van der Waals surface area contributed by atoms with Gasteiger partial charge in [0.15, 0.2) is 0 Å². The van der Waals surface area contributed by atoms with Crippen molar-refractivity contribution in [2.45, 2.75) is 19.8 Å². The van der Waals surface area contributed by atoms with Crippen molar-refractivity contribution in [3.63, 3.8) is 0 Å². The lowest BCUT2D eigenvalue weighted by Crippen LogP contribution is -2.31. The van der Waals surface area contributed by atoms with E-state index >= 15 is 0 Å². The highest BCUT2D eigenvalue weighted by molar-refractivity contribution is 6.31. The van der Waals surface area contributed by atoms with Crippen LogP contribution in [0.1, 0.15) is 39.3 Å². The molecule has 6 nitrogen and oxygen atoms in total. The summed E-state index contributed by atoms with van der Waals surface area (Å²) in [6, 6.07) is 8.48. The van der Waals surface area contributed by atoms with Crippen LogP contribution in [0.2, 0.25) is 5.02 Å². The summed E-state index contributed by atoms with van der Waals surface area (Å²) in [5, 5.41) is 3.33. The zero-order valence-corrected chi connectivity index (χ0v) is 14.3. The number of aryl methyl sites for hydroxylation is 1. The first-order valence-corrected chi connectivity index (χ1v) is 8.22. The summed E-state index contributed by atoms with van der Waals surface area (Å²) in [6.45, 7) is 2.06. The van der Waals surface area contributed by atoms with Gasteiger partial charge in [0.25, 0.3) is 11.8 Å². The lowest BCUT2D eigenvalue weighted by atomic mass is 10.2. The first kappa shape index (κ1) is 17.1. The Morgan fingerprint density at radius 1 is 1.24 bits per heavy atom. The average Bonchev–Trinajstić information content (AvgIpc) is 2.83. The molecule has 2 heterocycles. The predicted octanol–water partition coefficient (Wildman–Crippen LogP) is 3.06. The van der Waals surface area contributed by atoms with E-state index in [-0.39, 0.29) is 30.5 Å². The molecule has 0 saturated carbocycles. The fourth-order valence-electron chi connectivity index (χ4n) is 2.61. The molecule has 25 heavy (non-hydrogen) atoms. The minimum Gasteiger partial charge on any atom is -0.326 e. The molecule has 0 aliphatic carbocycles. The molecule has 0 atom stereocenters. The van der Waals surface area contributed by atoms with Crippen molar-refractivity contribution >= 4 is 35.0 Å². The minimum absolute atomic E-state index is 0.172. The van der Waals surface area contributed by atoms with E-state index in [2.05, 4.69) is 10.3 Å². The molecular weight excluding hydrogens is 342 g/mol. The third-order valence-electron chi connectivity index (χ3n) is 3.97. The van der Waals surface area contributed by atoms with E-state index in [1.54, 1.807) is 24.3 Å². The summed E-state index contributed by atoms with van der Waals surface area (Å²) in [5.41, 5.74) is 2.03. The maximum Gasteiger partial charge on any atom is 0.280 e. The van der Waals surface area contributed by atoms with Crippen molar-refractivity contribution < 1.29 is 14.4 Å². The highest BCUT2D eigenvalue weighted by Crippen LogP contribution is 2.22. The number of benzene rings is 1. The number of hydrogen-bond acceptors (Lipinski definition) is 4. The number of carbonyl (C=O) groups is 3. The molecular formula is C18H16ClN3O3. The molecule has 0 radical (unpaired) electrons. The number of imide groups is 1. The molecule has 3 rings (SSSR count). The van der Waals surface area contributed by atoms with Crippen LogP contribution in [0.4, 0.5) is 5.69 Å². The van der Waals surface area contributed by atoms with Crippen LogP contribution >= 0.6 is 11.6 Å². The second kappa shape index (κ2) is 7.03. The molecule has 0 fully saturated rings. The largest absolute Gasteiger partial charge is 0.326 e. The number of halogens is 1. The van der Waals surface area contributed by atoms with Crippen molar-refractivity contribution in [2.75, 3.05) is 11.9 Å². The monoisotopic (exact) mass is 357 g/mol. The summed E-state index contributed by atoms with van der Waals surface area (Å²) in [6.07, 6.45) is 2.04. The smallest absolute Gasteiger partial charge is 0.280 e. The van der Waals surface area contributed by atoms with Crippen molar-refractivity contribution in [1.82, 2.24) is 9.88 Å². The van der Waals surface area contributed by atoms with E-state index in [9.17, 15) is 14.4 Å². The van der Waals surface area contributed by atoms with Gasteiger partial charge in [-0.3, -0.25) is 24.3 Å². The molecule has 1 aromatic carbocycles. The van der Waals surface area contributed by atoms with Crippen LogP contribution in [-0.4, -0.2) is 34.2 Å². The molecule has 2 aromatic rings. The van der Waals surface area contributed by atoms with Gasteiger partial charge in [0.1, 0.15) is 5.69 Å². The highest BCUT2D eigenvalue weighted by atomic mass is 35.5. The molecule has 1 aliphatic rings. The van der Waals surface area contributed by atoms with Crippen LogP contribution in [0.15, 0.2) is 36.5 Å². The van der Waals surface area contributed by atoms with Gasteiger partial charge in [0.05, 0.1) is 5.56 Å². The van der Waals surface area contributed by atoms with E-state index < -0.39 is 5.91 Å². The van der Waals surface area contributed by atoms with Crippen molar-refractivity contribution in [2.24, 2.45) is 0 Å². The maximum atomic E-state index is 12.2. The number of nitrogens with one attached hydrogen (secondary N) is 1. The van der Waals surface area contributed by atoms with Crippen molar-refractivity contribution in [3.05, 3.63) is 58.4 Å². The quantitative estimate of drug-likeness (QED) is 0.834. The molecule has 7 heteroatoms. The molecule has 0 saturated heterocycles. The van der Waals surface area contributed by atoms with Crippen LogP contribution in [0.5, 0.6) is 0 Å². The van der Waals surface area contributed by atoms with E-state index in [1.807, 2.05) is 13.0 Å². The molecule has 0 spiro atoms. The second-order valence-corrected chi connectivity index (χ2v) is 6.18. The van der Waals surface area contributed by atoms with Crippen LogP contribution in [-0.2, 0) is 4.79 Å². The SMILES string of the molecule is Cc1ccc(NC(=O)CCCN2C(=O)c3cccnc3C2=O)cc1Cl. The Morgan fingerprint density at radius 2 is 2.04 bits per heavy atom. The average molecular weight is 358 g/mol. The molecule has 1 N–H and O–H groups in total. The van der Waals surface area contributed by atoms with Crippen LogP contribution < -0.4 is 5.32 Å². The number of anilines is 1.